The lowest BCUT2D eigenvalue weighted by Gasteiger charge is -2.10. The first-order valence-electron chi connectivity index (χ1n) is 8.49. The SMILES string of the molecule is Cc1c(C(=O)NCc2cccs2)sc2ncnc(NCCCN(C)C)c12. The van der Waals surface area contributed by atoms with E-state index in [0.29, 0.717) is 11.4 Å². The van der Waals surface area contributed by atoms with Gasteiger partial charge >= 0.3 is 0 Å². The number of rotatable bonds is 8. The molecule has 0 unspecified atom stereocenters. The van der Waals surface area contributed by atoms with E-state index in [1.54, 1.807) is 17.7 Å². The highest BCUT2D eigenvalue weighted by atomic mass is 32.1. The van der Waals surface area contributed by atoms with Gasteiger partial charge in [-0.05, 0) is 51.0 Å². The zero-order valence-corrected chi connectivity index (χ0v) is 16.8. The Morgan fingerprint density at radius 1 is 1.31 bits per heavy atom. The summed E-state index contributed by atoms with van der Waals surface area (Å²) >= 11 is 3.06. The van der Waals surface area contributed by atoms with Crippen LogP contribution >= 0.6 is 22.7 Å². The van der Waals surface area contributed by atoms with Gasteiger partial charge in [0.1, 0.15) is 17.0 Å². The number of aromatic nitrogens is 2. The van der Waals surface area contributed by atoms with Crippen LogP contribution in [0.1, 0.15) is 26.5 Å². The third-order valence-electron chi connectivity index (χ3n) is 4.01. The molecule has 0 aromatic carbocycles. The fourth-order valence-electron chi connectivity index (χ4n) is 2.69. The van der Waals surface area contributed by atoms with E-state index in [0.717, 1.165) is 46.0 Å². The van der Waals surface area contributed by atoms with Crippen molar-refractivity contribution in [3.05, 3.63) is 39.2 Å². The molecule has 1 amide bonds. The lowest BCUT2D eigenvalue weighted by atomic mass is 10.2. The Kier molecular flexibility index (Phi) is 6.18. The van der Waals surface area contributed by atoms with Gasteiger partial charge in [0.25, 0.3) is 5.91 Å². The Hall–Kier alpha value is -2.03. The fraction of sp³-hybridized carbons (Fsp3) is 0.389. The second-order valence-electron chi connectivity index (χ2n) is 6.30. The molecule has 0 aliphatic rings. The van der Waals surface area contributed by atoms with Crippen molar-refractivity contribution in [3.63, 3.8) is 0 Å². The van der Waals surface area contributed by atoms with E-state index in [2.05, 4.69) is 39.6 Å². The molecule has 0 saturated carbocycles. The monoisotopic (exact) mass is 389 g/mol. The summed E-state index contributed by atoms with van der Waals surface area (Å²) in [6, 6.07) is 4.00. The van der Waals surface area contributed by atoms with Crippen molar-refractivity contribution in [2.45, 2.75) is 19.9 Å². The van der Waals surface area contributed by atoms with E-state index >= 15 is 0 Å². The highest BCUT2D eigenvalue weighted by molar-refractivity contribution is 7.20. The molecule has 0 aliphatic heterocycles. The van der Waals surface area contributed by atoms with E-state index < -0.39 is 0 Å². The van der Waals surface area contributed by atoms with Crippen LogP contribution in [0.4, 0.5) is 5.82 Å². The van der Waals surface area contributed by atoms with Crippen LogP contribution in [0.15, 0.2) is 23.8 Å². The number of nitrogens with one attached hydrogen (secondary N) is 2. The first-order chi connectivity index (χ1) is 12.6. The van der Waals surface area contributed by atoms with Crippen LogP contribution in [0.3, 0.4) is 0 Å². The molecule has 26 heavy (non-hydrogen) atoms. The maximum absolute atomic E-state index is 12.6. The molecule has 0 spiro atoms. The number of fused-ring (bicyclic) bond motifs is 1. The molecular formula is C18H23N5OS2. The van der Waals surface area contributed by atoms with Crippen molar-refractivity contribution in [1.82, 2.24) is 20.2 Å². The number of amides is 1. The van der Waals surface area contributed by atoms with Gasteiger partial charge in [0.05, 0.1) is 16.8 Å². The smallest absolute Gasteiger partial charge is 0.262 e. The molecule has 0 atom stereocenters. The summed E-state index contributed by atoms with van der Waals surface area (Å²) in [4.78, 5) is 26.2. The third kappa shape index (κ3) is 4.38. The van der Waals surface area contributed by atoms with Crippen molar-refractivity contribution < 1.29 is 4.79 Å². The van der Waals surface area contributed by atoms with Crippen molar-refractivity contribution in [1.29, 1.82) is 0 Å². The molecule has 3 heterocycles. The number of hydrogen-bond acceptors (Lipinski definition) is 7. The lowest BCUT2D eigenvalue weighted by Crippen LogP contribution is -2.21. The molecule has 0 radical (unpaired) electrons. The zero-order valence-electron chi connectivity index (χ0n) is 15.2. The Balaban J connectivity index is 1.74. The Bertz CT molecular complexity index is 873. The summed E-state index contributed by atoms with van der Waals surface area (Å²) in [5, 5.41) is 9.34. The van der Waals surface area contributed by atoms with Gasteiger partial charge in [-0.25, -0.2) is 9.97 Å². The summed E-state index contributed by atoms with van der Waals surface area (Å²) in [7, 11) is 4.12. The van der Waals surface area contributed by atoms with Crippen LogP contribution in [0.2, 0.25) is 0 Å². The van der Waals surface area contributed by atoms with Crippen LogP contribution in [0.25, 0.3) is 10.2 Å². The van der Waals surface area contributed by atoms with Gasteiger partial charge in [-0.3, -0.25) is 4.79 Å². The molecule has 2 N–H and O–H groups in total. The molecule has 0 fully saturated rings. The summed E-state index contributed by atoms with van der Waals surface area (Å²) in [5.41, 5.74) is 0.935. The van der Waals surface area contributed by atoms with Crippen molar-refractivity contribution >= 4 is 44.6 Å². The topological polar surface area (TPSA) is 70.1 Å². The largest absolute Gasteiger partial charge is 0.369 e. The number of nitrogens with zero attached hydrogens (tertiary/aromatic N) is 3. The van der Waals surface area contributed by atoms with E-state index in [-0.39, 0.29) is 5.91 Å². The minimum atomic E-state index is -0.0579. The zero-order chi connectivity index (χ0) is 18.5. The van der Waals surface area contributed by atoms with Gasteiger partial charge in [0.2, 0.25) is 0 Å². The maximum Gasteiger partial charge on any atom is 0.262 e. The van der Waals surface area contributed by atoms with Crippen molar-refractivity contribution in [3.8, 4) is 0 Å². The van der Waals surface area contributed by atoms with Gasteiger partial charge in [-0.1, -0.05) is 6.07 Å². The summed E-state index contributed by atoms with van der Waals surface area (Å²) in [6.45, 7) is 4.36. The minimum Gasteiger partial charge on any atom is -0.369 e. The quantitative estimate of drug-likeness (QED) is 0.578. The Morgan fingerprint density at radius 2 is 2.15 bits per heavy atom. The predicted molar refractivity (Wildman–Crippen MR) is 109 cm³/mol. The van der Waals surface area contributed by atoms with Crippen LogP contribution < -0.4 is 10.6 Å². The predicted octanol–water partition coefficient (Wildman–Crippen LogP) is 3.35. The fourth-order valence-corrected chi connectivity index (χ4v) is 4.39. The number of aryl methyl sites for hydroxylation is 1. The number of anilines is 1. The molecule has 0 bridgehead atoms. The summed E-state index contributed by atoms with van der Waals surface area (Å²) in [5.74, 6) is 0.747. The van der Waals surface area contributed by atoms with E-state index in [4.69, 9.17) is 0 Å². The molecule has 0 aliphatic carbocycles. The molecule has 8 heteroatoms. The van der Waals surface area contributed by atoms with E-state index in [1.807, 2.05) is 24.4 Å². The van der Waals surface area contributed by atoms with Gasteiger partial charge in [-0.2, -0.15) is 0 Å². The molecule has 138 valence electrons. The summed E-state index contributed by atoms with van der Waals surface area (Å²) in [6.07, 6.45) is 2.58. The number of hydrogen-bond donors (Lipinski definition) is 2. The number of carbonyl (C=O) groups is 1. The lowest BCUT2D eigenvalue weighted by molar-refractivity contribution is 0.0955. The molecular weight excluding hydrogens is 366 g/mol. The molecule has 3 rings (SSSR count). The average molecular weight is 390 g/mol. The maximum atomic E-state index is 12.6. The first-order valence-corrected chi connectivity index (χ1v) is 10.2. The first kappa shape index (κ1) is 18.8. The van der Waals surface area contributed by atoms with Gasteiger partial charge < -0.3 is 15.5 Å². The average Bonchev–Trinajstić information content (AvgIpc) is 3.25. The van der Waals surface area contributed by atoms with E-state index in [9.17, 15) is 4.79 Å². The van der Waals surface area contributed by atoms with Crippen LogP contribution in [-0.4, -0.2) is 48.0 Å². The standard InChI is InChI=1S/C18H23N5OS2/c1-12-14-16(19-7-5-8-23(2)3)21-11-22-18(14)26-15(12)17(24)20-10-13-6-4-9-25-13/h4,6,9,11H,5,7-8,10H2,1-3H3,(H,20,24)(H,19,21,22). The van der Waals surface area contributed by atoms with E-state index in [1.165, 1.54) is 11.3 Å². The minimum absolute atomic E-state index is 0.0579. The second kappa shape index (κ2) is 8.57. The number of thiophene rings is 2. The van der Waals surface area contributed by atoms with Crippen molar-refractivity contribution in [2.75, 3.05) is 32.5 Å². The normalized spacial score (nSPS) is 11.2. The third-order valence-corrected chi connectivity index (χ3v) is 6.09. The molecule has 0 saturated heterocycles. The summed E-state index contributed by atoms with van der Waals surface area (Å²) < 4.78 is 0. The van der Waals surface area contributed by atoms with Crippen LogP contribution in [0, 0.1) is 6.92 Å². The molecule has 3 aromatic rings. The Morgan fingerprint density at radius 3 is 2.88 bits per heavy atom. The van der Waals surface area contributed by atoms with Gasteiger partial charge in [0.15, 0.2) is 0 Å². The van der Waals surface area contributed by atoms with Gasteiger partial charge in [0, 0.05) is 11.4 Å². The van der Waals surface area contributed by atoms with Crippen LogP contribution in [0.5, 0.6) is 0 Å². The highest BCUT2D eigenvalue weighted by Crippen LogP contribution is 2.33. The molecule has 3 aromatic heterocycles. The molecule has 6 nitrogen and oxygen atoms in total. The van der Waals surface area contributed by atoms with Crippen molar-refractivity contribution in [2.24, 2.45) is 0 Å². The number of carbonyl (C=O) groups excluding carboxylic acids is 1. The Labute approximate surface area is 161 Å². The van der Waals surface area contributed by atoms with Crippen LogP contribution in [-0.2, 0) is 6.54 Å². The van der Waals surface area contributed by atoms with Gasteiger partial charge in [-0.15, -0.1) is 22.7 Å². The highest BCUT2D eigenvalue weighted by Gasteiger charge is 2.19. The second-order valence-corrected chi connectivity index (χ2v) is 8.34.